The molecule has 3 N–H and O–H groups in total. The summed E-state index contributed by atoms with van der Waals surface area (Å²) in [4.78, 5) is 15.9. The summed E-state index contributed by atoms with van der Waals surface area (Å²) in [6.45, 7) is 0.00152. The number of aliphatic hydroxyl groups is 2. The van der Waals surface area contributed by atoms with Gasteiger partial charge in [0.2, 0.25) is 0 Å². The lowest BCUT2D eigenvalue weighted by atomic mass is 10.2. The van der Waals surface area contributed by atoms with Gasteiger partial charge in [-0.1, -0.05) is 0 Å². The van der Waals surface area contributed by atoms with Crippen molar-refractivity contribution in [3.63, 3.8) is 0 Å². The second kappa shape index (κ2) is 6.31. The third kappa shape index (κ3) is 2.83. The first kappa shape index (κ1) is 14.9. The van der Waals surface area contributed by atoms with Crippen molar-refractivity contribution in [2.45, 2.75) is 31.5 Å². The first-order valence-electron chi connectivity index (χ1n) is 6.33. The van der Waals surface area contributed by atoms with Crippen LogP contribution >= 0.6 is 0 Å². The molecular weight excluding hydrogens is 266 g/mol. The maximum absolute atomic E-state index is 12.0. The number of nitrogens with one attached hydrogen (secondary N) is 1. The highest BCUT2D eigenvalue weighted by molar-refractivity contribution is 5.41. The van der Waals surface area contributed by atoms with Crippen LogP contribution in [0.2, 0.25) is 0 Å². The fraction of sp³-hybridized carbons (Fsp3) is 0.667. The smallest absolute Gasteiger partial charge is 0.351 e. The van der Waals surface area contributed by atoms with Crippen molar-refractivity contribution < 1.29 is 19.7 Å². The highest BCUT2D eigenvalue weighted by Gasteiger charge is 2.35. The highest BCUT2D eigenvalue weighted by atomic mass is 16.5. The molecule has 2 heterocycles. The van der Waals surface area contributed by atoms with E-state index in [2.05, 4.69) is 10.3 Å². The van der Waals surface area contributed by atoms with E-state index in [9.17, 15) is 9.90 Å². The van der Waals surface area contributed by atoms with E-state index >= 15 is 0 Å². The summed E-state index contributed by atoms with van der Waals surface area (Å²) in [7, 11) is 3.22. The number of rotatable bonds is 5. The molecule has 3 atom stereocenters. The minimum Gasteiger partial charge on any atom is -0.394 e. The zero-order valence-corrected chi connectivity index (χ0v) is 11.4. The number of anilines is 1. The molecule has 1 aromatic rings. The van der Waals surface area contributed by atoms with Gasteiger partial charge in [0.25, 0.3) is 0 Å². The zero-order valence-electron chi connectivity index (χ0n) is 11.4. The number of hydrogen-bond acceptors (Lipinski definition) is 7. The third-order valence-corrected chi connectivity index (χ3v) is 3.26. The molecule has 1 aliphatic heterocycles. The fourth-order valence-corrected chi connectivity index (χ4v) is 2.24. The molecule has 0 aromatic carbocycles. The Bertz CT molecular complexity index is 518. The Morgan fingerprint density at radius 1 is 1.65 bits per heavy atom. The van der Waals surface area contributed by atoms with Gasteiger partial charge in [-0.2, -0.15) is 4.98 Å². The van der Waals surface area contributed by atoms with Gasteiger partial charge in [0.15, 0.2) is 0 Å². The molecule has 0 radical (unpaired) electrons. The predicted molar refractivity (Wildman–Crippen MR) is 70.4 cm³/mol. The molecular formula is C12H19N3O5. The van der Waals surface area contributed by atoms with Crippen molar-refractivity contribution in [3.8, 4) is 0 Å². The average molecular weight is 285 g/mol. The molecule has 0 bridgehead atoms. The van der Waals surface area contributed by atoms with Crippen LogP contribution in [0.5, 0.6) is 0 Å². The molecule has 1 aliphatic rings. The van der Waals surface area contributed by atoms with Crippen molar-refractivity contribution in [3.05, 3.63) is 22.2 Å². The summed E-state index contributed by atoms with van der Waals surface area (Å²) in [6.07, 6.45) is -0.280. The Kier molecular flexibility index (Phi) is 4.71. The number of nitrogens with zero attached hydrogens (tertiary/aromatic N) is 2. The second-order valence-electron chi connectivity index (χ2n) is 4.60. The third-order valence-electron chi connectivity index (χ3n) is 3.26. The predicted octanol–water partition coefficient (Wildman–Crippen LogP) is -0.928. The lowest BCUT2D eigenvalue weighted by molar-refractivity contribution is -0.0460. The van der Waals surface area contributed by atoms with Crippen LogP contribution in [0.25, 0.3) is 0 Å². The van der Waals surface area contributed by atoms with Crippen molar-refractivity contribution in [1.82, 2.24) is 9.55 Å². The van der Waals surface area contributed by atoms with Crippen molar-refractivity contribution in [1.29, 1.82) is 0 Å². The summed E-state index contributed by atoms with van der Waals surface area (Å²) in [5, 5.41) is 21.6. The van der Waals surface area contributed by atoms with Gasteiger partial charge >= 0.3 is 5.69 Å². The van der Waals surface area contributed by atoms with E-state index in [1.54, 1.807) is 20.4 Å². The molecule has 0 aliphatic carbocycles. The highest BCUT2D eigenvalue weighted by Crippen LogP contribution is 2.28. The zero-order chi connectivity index (χ0) is 14.7. The van der Waals surface area contributed by atoms with Gasteiger partial charge in [-0.3, -0.25) is 4.57 Å². The molecule has 0 spiro atoms. The van der Waals surface area contributed by atoms with Crippen molar-refractivity contribution in [2.24, 2.45) is 0 Å². The van der Waals surface area contributed by atoms with Gasteiger partial charge in [0.05, 0.1) is 19.3 Å². The van der Waals surface area contributed by atoms with Crippen molar-refractivity contribution in [2.75, 3.05) is 26.1 Å². The van der Waals surface area contributed by atoms with Gasteiger partial charge in [-0.05, 0) is 0 Å². The minimum absolute atomic E-state index is 0.234. The molecule has 0 amide bonds. The number of methoxy groups -OCH3 is 1. The van der Waals surface area contributed by atoms with E-state index in [4.69, 9.17) is 14.6 Å². The second-order valence-corrected chi connectivity index (χ2v) is 4.60. The summed E-state index contributed by atoms with van der Waals surface area (Å²) < 4.78 is 11.8. The summed E-state index contributed by atoms with van der Waals surface area (Å²) in [6, 6.07) is 0. The first-order chi connectivity index (χ1) is 9.60. The van der Waals surface area contributed by atoms with Gasteiger partial charge in [-0.15, -0.1) is 0 Å². The molecule has 1 saturated heterocycles. The topological polar surface area (TPSA) is 106 Å². The fourth-order valence-electron chi connectivity index (χ4n) is 2.24. The van der Waals surface area contributed by atoms with Gasteiger partial charge < -0.3 is 25.0 Å². The first-order valence-corrected chi connectivity index (χ1v) is 6.33. The summed E-state index contributed by atoms with van der Waals surface area (Å²) >= 11 is 0. The van der Waals surface area contributed by atoms with E-state index in [-0.39, 0.29) is 13.0 Å². The molecule has 8 heteroatoms. The van der Waals surface area contributed by atoms with Gasteiger partial charge in [0.1, 0.15) is 18.1 Å². The molecule has 1 fully saturated rings. The number of hydrogen-bond donors (Lipinski definition) is 3. The van der Waals surface area contributed by atoms with Crippen LogP contribution in [-0.2, 0) is 16.1 Å². The van der Waals surface area contributed by atoms with E-state index in [0.717, 1.165) is 0 Å². The van der Waals surface area contributed by atoms with E-state index in [1.165, 1.54) is 4.57 Å². The van der Waals surface area contributed by atoms with E-state index in [1.807, 2.05) is 0 Å². The standard InChI is InChI=1S/C12H19N3O5/c1-13-11-7(6-19-2)4-15(12(18)14-11)10-3-8(17)9(5-16)20-10/h4,8-10,16-17H,3,5-6H2,1-2H3,(H,13,14,18)/t8?,9-,10-/m1/s1. The molecule has 112 valence electrons. The Morgan fingerprint density at radius 2 is 2.40 bits per heavy atom. The van der Waals surface area contributed by atoms with Crippen LogP contribution in [0.15, 0.2) is 11.0 Å². The van der Waals surface area contributed by atoms with Crippen LogP contribution in [0, 0.1) is 0 Å². The normalized spacial score (nSPS) is 25.9. The molecule has 1 aromatic heterocycles. The molecule has 2 rings (SSSR count). The largest absolute Gasteiger partial charge is 0.394 e. The lowest BCUT2D eigenvalue weighted by Gasteiger charge is -2.16. The number of aliphatic hydroxyl groups excluding tert-OH is 2. The van der Waals surface area contributed by atoms with Crippen LogP contribution < -0.4 is 11.0 Å². The Hall–Kier alpha value is -1.48. The Morgan fingerprint density at radius 3 is 2.95 bits per heavy atom. The van der Waals surface area contributed by atoms with E-state index in [0.29, 0.717) is 18.0 Å². The molecule has 1 unspecified atom stereocenters. The monoisotopic (exact) mass is 285 g/mol. The number of ether oxygens (including phenoxy) is 2. The molecule has 0 saturated carbocycles. The Labute approximate surface area is 116 Å². The average Bonchev–Trinajstić information content (AvgIpc) is 2.81. The lowest BCUT2D eigenvalue weighted by Crippen LogP contribution is -2.29. The van der Waals surface area contributed by atoms with Crippen LogP contribution in [-0.4, -0.2) is 52.7 Å². The Balaban J connectivity index is 2.32. The van der Waals surface area contributed by atoms with Gasteiger partial charge in [0, 0.05) is 32.3 Å². The number of aromatic nitrogens is 2. The maximum Gasteiger partial charge on any atom is 0.351 e. The van der Waals surface area contributed by atoms with Crippen LogP contribution in [0.3, 0.4) is 0 Å². The van der Waals surface area contributed by atoms with E-state index < -0.39 is 24.1 Å². The van der Waals surface area contributed by atoms with Crippen LogP contribution in [0.4, 0.5) is 5.82 Å². The van der Waals surface area contributed by atoms with Crippen molar-refractivity contribution >= 4 is 5.82 Å². The maximum atomic E-state index is 12.0. The van der Waals surface area contributed by atoms with Crippen LogP contribution in [0.1, 0.15) is 18.2 Å². The molecule has 8 nitrogen and oxygen atoms in total. The quantitative estimate of drug-likeness (QED) is 0.642. The SMILES string of the molecule is CNc1nc(=O)n([C@H]2CC(O)[C@@H](CO)O2)cc1COC. The van der Waals surface area contributed by atoms with Gasteiger partial charge in [-0.25, -0.2) is 4.79 Å². The molecule has 20 heavy (non-hydrogen) atoms. The minimum atomic E-state index is -0.799. The summed E-state index contributed by atoms with van der Waals surface area (Å²) in [5.74, 6) is 0.449. The summed E-state index contributed by atoms with van der Waals surface area (Å²) in [5.41, 5.74) is 0.227.